The van der Waals surface area contributed by atoms with Crippen molar-refractivity contribution in [1.82, 2.24) is 0 Å². The number of aryl methyl sites for hydroxylation is 1. The molecule has 0 N–H and O–H groups in total. The molecule has 101 valence electrons. The zero-order chi connectivity index (χ0) is 14.5. The van der Waals surface area contributed by atoms with E-state index in [9.17, 15) is 10.1 Å². The predicted octanol–water partition coefficient (Wildman–Crippen LogP) is 3.54. The third-order valence-electron chi connectivity index (χ3n) is 2.78. The fourth-order valence-corrected chi connectivity index (χ4v) is 1.72. The molecule has 0 amide bonds. The lowest BCUT2D eigenvalue weighted by Gasteiger charge is -1.99. The first-order valence-corrected chi connectivity index (χ1v) is 5.96. The van der Waals surface area contributed by atoms with Crippen LogP contribution in [0.25, 0.3) is 0 Å². The van der Waals surface area contributed by atoms with Crippen molar-refractivity contribution < 1.29 is 9.66 Å². The zero-order valence-electron chi connectivity index (χ0n) is 11.2. The number of ether oxygens (including phenoxy) is 1. The molecular formula is C15H13N2O3. The van der Waals surface area contributed by atoms with Crippen LogP contribution in [0.1, 0.15) is 11.1 Å². The number of methoxy groups -OCH3 is 1. The van der Waals surface area contributed by atoms with Crippen LogP contribution < -0.4 is 4.74 Å². The quantitative estimate of drug-likeness (QED) is 0.484. The van der Waals surface area contributed by atoms with Crippen LogP contribution >= 0.6 is 0 Å². The molecule has 0 unspecified atom stereocenters. The highest BCUT2D eigenvalue weighted by Gasteiger charge is 2.09. The summed E-state index contributed by atoms with van der Waals surface area (Å²) >= 11 is 0. The molecule has 0 aromatic heterocycles. The summed E-state index contributed by atoms with van der Waals surface area (Å²) in [4.78, 5) is 14.5. The summed E-state index contributed by atoms with van der Waals surface area (Å²) in [5, 5.41) is 10.7. The van der Waals surface area contributed by atoms with E-state index in [0.717, 1.165) is 11.4 Å². The van der Waals surface area contributed by atoms with Gasteiger partial charge in [0.2, 0.25) is 0 Å². The molecule has 0 aliphatic rings. The van der Waals surface area contributed by atoms with E-state index in [2.05, 4.69) is 11.2 Å². The molecule has 0 aliphatic carbocycles. The number of nitro groups is 1. The van der Waals surface area contributed by atoms with Gasteiger partial charge in [0.05, 0.1) is 23.9 Å². The molecule has 0 atom stereocenters. The van der Waals surface area contributed by atoms with Crippen LogP contribution in [0.4, 0.5) is 11.4 Å². The summed E-state index contributed by atoms with van der Waals surface area (Å²) in [5.41, 5.74) is 2.12. The number of rotatable bonds is 4. The molecule has 0 heterocycles. The van der Waals surface area contributed by atoms with E-state index in [1.165, 1.54) is 6.07 Å². The highest BCUT2D eigenvalue weighted by molar-refractivity contribution is 5.82. The standard InChI is InChI=1S/C15H13N2O3/c1-11-9-12(3-8-15(11)17(18)19)10-16-13-4-6-14(20-2)7-5-13/h3-9H,1-2H3. The minimum absolute atomic E-state index is 0.0972. The van der Waals surface area contributed by atoms with Gasteiger partial charge >= 0.3 is 0 Å². The maximum atomic E-state index is 10.7. The second-order valence-electron chi connectivity index (χ2n) is 4.18. The van der Waals surface area contributed by atoms with Gasteiger partial charge in [-0.2, -0.15) is 0 Å². The maximum absolute atomic E-state index is 10.7. The lowest BCUT2D eigenvalue weighted by atomic mass is 10.1. The first-order chi connectivity index (χ1) is 9.60. The lowest BCUT2D eigenvalue weighted by Crippen LogP contribution is -1.92. The molecule has 0 saturated heterocycles. The first-order valence-electron chi connectivity index (χ1n) is 5.96. The number of benzene rings is 2. The molecule has 2 rings (SSSR count). The summed E-state index contributed by atoms with van der Waals surface area (Å²) in [6, 6.07) is 12.0. The Labute approximate surface area is 116 Å². The smallest absolute Gasteiger partial charge is 0.272 e. The molecule has 0 fully saturated rings. The van der Waals surface area contributed by atoms with Gasteiger partial charge in [0, 0.05) is 17.2 Å². The van der Waals surface area contributed by atoms with Crippen molar-refractivity contribution >= 4 is 17.6 Å². The van der Waals surface area contributed by atoms with Crippen molar-refractivity contribution in [3.63, 3.8) is 0 Å². The van der Waals surface area contributed by atoms with Crippen molar-refractivity contribution in [3.8, 4) is 5.75 Å². The third kappa shape index (κ3) is 3.20. The fraction of sp³-hybridized carbons (Fsp3) is 0.133. The van der Waals surface area contributed by atoms with Crippen LogP contribution in [0.2, 0.25) is 0 Å². The Bertz CT molecular complexity index is 649. The second kappa shape index (κ2) is 5.97. The molecule has 0 spiro atoms. The number of nitro benzene ring substituents is 1. The third-order valence-corrected chi connectivity index (χ3v) is 2.78. The highest BCUT2D eigenvalue weighted by atomic mass is 16.6. The monoisotopic (exact) mass is 269 g/mol. The van der Waals surface area contributed by atoms with Crippen LogP contribution in [0.15, 0.2) is 47.5 Å². The van der Waals surface area contributed by atoms with Gasteiger partial charge in [0.15, 0.2) is 0 Å². The van der Waals surface area contributed by atoms with Crippen LogP contribution in [0.5, 0.6) is 5.75 Å². The summed E-state index contributed by atoms with van der Waals surface area (Å²) in [6.07, 6.45) is 2.87. The van der Waals surface area contributed by atoms with E-state index in [1.54, 1.807) is 26.2 Å². The molecule has 1 radical (unpaired) electrons. The van der Waals surface area contributed by atoms with Gasteiger partial charge in [-0.3, -0.25) is 10.1 Å². The topological polar surface area (TPSA) is 64.7 Å². The average Bonchev–Trinajstić information content (AvgIpc) is 2.45. The number of hydrogen-bond acceptors (Lipinski definition) is 4. The number of hydrogen-bond donors (Lipinski definition) is 0. The molecule has 5 heteroatoms. The van der Waals surface area contributed by atoms with Gasteiger partial charge in [-0.05, 0) is 43.3 Å². The molecule has 20 heavy (non-hydrogen) atoms. The predicted molar refractivity (Wildman–Crippen MR) is 77.0 cm³/mol. The van der Waals surface area contributed by atoms with Gasteiger partial charge in [0.25, 0.3) is 5.69 Å². The van der Waals surface area contributed by atoms with Crippen LogP contribution in [-0.2, 0) is 0 Å². The molecule has 5 nitrogen and oxygen atoms in total. The SMILES string of the molecule is COc1ccc(N=[C]c2ccc([N+](=O)[O-])c(C)c2)cc1. The van der Waals surface area contributed by atoms with Crippen molar-refractivity contribution in [2.24, 2.45) is 4.99 Å². The Kier molecular flexibility index (Phi) is 4.10. The molecule has 2 aromatic carbocycles. The van der Waals surface area contributed by atoms with E-state index < -0.39 is 4.92 Å². The summed E-state index contributed by atoms with van der Waals surface area (Å²) < 4.78 is 5.06. The number of aliphatic imine (C=N–C) groups is 1. The van der Waals surface area contributed by atoms with E-state index in [4.69, 9.17) is 4.74 Å². The summed E-state index contributed by atoms with van der Waals surface area (Å²) in [6.45, 7) is 1.69. The normalized spacial score (nSPS) is 10.7. The Hall–Kier alpha value is -2.69. The molecular weight excluding hydrogens is 256 g/mol. The fourth-order valence-electron chi connectivity index (χ4n) is 1.72. The molecule has 0 saturated carbocycles. The van der Waals surface area contributed by atoms with Crippen LogP contribution in [0.3, 0.4) is 0 Å². The van der Waals surface area contributed by atoms with E-state index in [-0.39, 0.29) is 5.69 Å². The first kappa shape index (κ1) is 13.7. The van der Waals surface area contributed by atoms with Crippen LogP contribution in [-0.4, -0.2) is 18.2 Å². The van der Waals surface area contributed by atoms with Gasteiger partial charge in [-0.25, -0.2) is 4.99 Å². The van der Waals surface area contributed by atoms with E-state index in [1.807, 2.05) is 24.3 Å². The Morgan fingerprint density at radius 1 is 1.20 bits per heavy atom. The van der Waals surface area contributed by atoms with Crippen molar-refractivity contribution in [2.45, 2.75) is 6.92 Å². The van der Waals surface area contributed by atoms with Crippen molar-refractivity contribution in [1.29, 1.82) is 0 Å². The second-order valence-corrected chi connectivity index (χ2v) is 4.18. The Morgan fingerprint density at radius 3 is 2.45 bits per heavy atom. The van der Waals surface area contributed by atoms with Gasteiger partial charge < -0.3 is 4.74 Å². The van der Waals surface area contributed by atoms with Gasteiger partial charge in [0.1, 0.15) is 5.75 Å². The number of nitrogens with zero attached hydrogens (tertiary/aromatic N) is 2. The summed E-state index contributed by atoms with van der Waals surface area (Å²) in [7, 11) is 1.60. The minimum atomic E-state index is -0.403. The lowest BCUT2D eigenvalue weighted by molar-refractivity contribution is -0.385. The Balaban J connectivity index is 2.18. The van der Waals surface area contributed by atoms with Crippen molar-refractivity contribution in [3.05, 3.63) is 63.7 Å². The minimum Gasteiger partial charge on any atom is -0.497 e. The zero-order valence-corrected chi connectivity index (χ0v) is 11.2. The van der Waals surface area contributed by atoms with Gasteiger partial charge in [-0.1, -0.05) is 0 Å². The maximum Gasteiger partial charge on any atom is 0.272 e. The highest BCUT2D eigenvalue weighted by Crippen LogP contribution is 2.20. The van der Waals surface area contributed by atoms with Gasteiger partial charge in [-0.15, -0.1) is 0 Å². The van der Waals surface area contributed by atoms with Crippen LogP contribution in [0, 0.1) is 17.0 Å². The average molecular weight is 269 g/mol. The molecule has 2 aromatic rings. The molecule has 0 aliphatic heterocycles. The van der Waals surface area contributed by atoms with Crippen molar-refractivity contribution in [2.75, 3.05) is 7.11 Å². The van der Waals surface area contributed by atoms with E-state index >= 15 is 0 Å². The Morgan fingerprint density at radius 2 is 1.90 bits per heavy atom. The molecule has 0 bridgehead atoms. The van der Waals surface area contributed by atoms with E-state index in [0.29, 0.717) is 11.1 Å². The summed E-state index contributed by atoms with van der Waals surface area (Å²) in [5.74, 6) is 0.759. The largest absolute Gasteiger partial charge is 0.497 e.